The predicted molar refractivity (Wildman–Crippen MR) is 109 cm³/mol. The van der Waals surface area contributed by atoms with Gasteiger partial charge in [0.25, 0.3) is 11.5 Å². The molecule has 29 heavy (non-hydrogen) atoms. The van der Waals surface area contributed by atoms with E-state index in [4.69, 9.17) is 9.47 Å². The van der Waals surface area contributed by atoms with E-state index < -0.39 is 0 Å². The van der Waals surface area contributed by atoms with E-state index in [2.05, 4.69) is 15.5 Å². The highest BCUT2D eigenvalue weighted by Crippen LogP contribution is 2.21. The minimum atomic E-state index is -0.389. The second-order valence-corrected chi connectivity index (χ2v) is 6.67. The lowest BCUT2D eigenvalue weighted by atomic mass is 10.1. The van der Waals surface area contributed by atoms with Gasteiger partial charge in [0.05, 0.1) is 31.3 Å². The molecule has 2 heterocycles. The van der Waals surface area contributed by atoms with Gasteiger partial charge in [0.15, 0.2) is 0 Å². The number of hydrazone groups is 1. The van der Waals surface area contributed by atoms with E-state index >= 15 is 0 Å². The number of carbonyl (C=O) groups excluding carboxylic acids is 1. The lowest BCUT2D eigenvalue weighted by molar-refractivity contribution is 0.0955. The van der Waals surface area contributed by atoms with Gasteiger partial charge in [-0.3, -0.25) is 14.2 Å². The lowest BCUT2D eigenvalue weighted by Crippen LogP contribution is -2.22. The maximum atomic E-state index is 12.5. The Morgan fingerprint density at radius 1 is 1.17 bits per heavy atom. The van der Waals surface area contributed by atoms with Crippen LogP contribution in [-0.2, 0) is 13.0 Å². The third kappa shape index (κ3) is 3.69. The molecule has 8 heteroatoms. The number of amides is 1. The summed E-state index contributed by atoms with van der Waals surface area (Å²) in [5, 5.41) is 4.52. The molecule has 148 valence electrons. The third-order valence-electron chi connectivity index (χ3n) is 4.83. The first kappa shape index (κ1) is 18.7. The third-order valence-corrected chi connectivity index (χ3v) is 4.83. The Morgan fingerprint density at radius 2 is 1.93 bits per heavy atom. The van der Waals surface area contributed by atoms with Crippen LogP contribution in [0.3, 0.4) is 0 Å². The van der Waals surface area contributed by atoms with Crippen LogP contribution < -0.4 is 20.5 Å². The fraction of sp³-hybridized carbons (Fsp3) is 0.238. The van der Waals surface area contributed by atoms with Crippen LogP contribution in [0, 0.1) is 0 Å². The van der Waals surface area contributed by atoms with E-state index in [0.717, 1.165) is 18.7 Å². The van der Waals surface area contributed by atoms with Crippen molar-refractivity contribution in [1.29, 1.82) is 0 Å². The van der Waals surface area contributed by atoms with Crippen LogP contribution in [0.1, 0.15) is 28.2 Å². The zero-order valence-electron chi connectivity index (χ0n) is 16.1. The number of rotatable bonds is 5. The number of aryl methyl sites for hydroxylation is 1. The van der Waals surface area contributed by atoms with Gasteiger partial charge in [-0.05, 0) is 36.8 Å². The van der Waals surface area contributed by atoms with Gasteiger partial charge in [0.2, 0.25) is 0 Å². The van der Waals surface area contributed by atoms with E-state index in [-0.39, 0.29) is 11.5 Å². The molecule has 1 N–H and O–H groups in total. The molecule has 0 bridgehead atoms. The highest BCUT2D eigenvalue weighted by molar-refractivity contribution is 5.98. The first-order valence-electron chi connectivity index (χ1n) is 9.19. The number of hydrogen-bond acceptors (Lipinski definition) is 6. The van der Waals surface area contributed by atoms with E-state index in [0.29, 0.717) is 40.1 Å². The van der Waals surface area contributed by atoms with Crippen molar-refractivity contribution in [3.63, 3.8) is 0 Å². The van der Waals surface area contributed by atoms with Crippen molar-refractivity contribution in [2.45, 2.75) is 19.4 Å². The molecule has 1 aromatic heterocycles. The summed E-state index contributed by atoms with van der Waals surface area (Å²) >= 11 is 0. The summed E-state index contributed by atoms with van der Waals surface area (Å²) in [7, 11) is 3.12. The maximum absolute atomic E-state index is 12.5. The van der Waals surface area contributed by atoms with E-state index in [9.17, 15) is 9.59 Å². The van der Waals surface area contributed by atoms with Crippen molar-refractivity contribution in [3.05, 3.63) is 63.7 Å². The Hall–Kier alpha value is -3.68. The predicted octanol–water partition coefficient (Wildman–Crippen LogP) is 2.12. The van der Waals surface area contributed by atoms with Crippen LogP contribution in [0.5, 0.6) is 11.5 Å². The van der Waals surface area contributed by atoms with E-state index in [1.54, 1.807) is 55.2 Å². The molecule has 0 spiro atoms. The molecule has 0 atom stereocenters. The quantitative estimate of drug-likeness (QED) is 0.530. The highest BCUT2D eigenvalue weighted by Gasteiger charge is 2.17. The number of aromatic nitrogens is 2. The molecule has 0 saturated heterocycles. The smallest absolute Gasteiger partial charge is 0.271 e. The van der Waals surface area contributed by atoms with Crippen molar-refractivity contribution < 1.29 is 14.3 Å². The van der Waals surface area contributed by atoms with Crippen LogP contribution in [-0.4, -0.2) is 35.9 Å². The van der Waals surface area contributed by atoms with Crippen LogP contribution in [0.15, 0.2) is 46.3 Å². The monoisotopic (exact) mass is 392 g/mol. The minimum Gasteiger partial charge on any atom is -0.497 e. The second kappa shape index (κ2) is 7.75. The van der Waals surface area contributed by atoms with Gasteiger partial charge in [-0.15, -0.1) is 0 Å². The number of carbonyl (C=O) groups is 1. The first-order chi connectivity index (χ1) is 14.1. The number of fused-ring (bicyclic) bond motifs is 2. The summed E-state index contributed by atoms with van der Waals surface area (Å²) in [5.74, 6) is 1.62. The topological polar surface area (TPSA) is 94.8 Å². The first-order valence-corrected chi connectivity index (χ1v) is 9.19. The van der Waals surface area contributed by atoms with Crippen LogP contribution >= 0.6 is 0 Å². The summed E-state index contributed by atoms with van der Waals surface area (Å²) < 4.78 is 12.1. The largest absolute Gasteiger partial charge is 0.497 e. The average molecular weight is 392 g/mol. The molecular formula is C21H20N4O4. The van der Waals surface area contributed by atoms with Crippen LogP contribution in [0.2, 0.25) is 0 Å². The Kier molecular flexibility index (Phi) is 4.99. The number of nitrogens with zero attached hydrogens (tertiary/aromatic N) is 3. The SMILES string of the molecule is COc1cc(/C=N\NC(=O)c2ccc3c(=O)n4c(nc3c2)CCC4)cc(OC)c1. The molecule has 1 aliphatic heterocycles. The van der Waals surface area contributed by atoms with Gasteiger partial charge in [-0.1, -0.05) is 0 Å². The summed E-state index contributed by atoms with van der Waals surface area (Å²) in [6, 6.07) is 10.2. The summed E-state index contributed by atoms with van der Waals surface area (Å²) in [5.41, 5.74) is 4.06. The Labute approximate surface area is 166 Å². The average Bonchev–Trinajstić information content (AvgIpc) is 3.22. The molecule has 4 rings (SSSR count). The highest BCUT2D eigenvalue weighted by atomic mass is 16.5. The second-order valence-electron chi connectivity index (χ2n) is 6.67. The Bertz CT molecular complexity index is 1160. The fourth-order valence-electron chi connectivity index (χ4n) is 3.36. The van der Waals surface area contributed by atoms with E-state index in [1.807, 2.05) is 0 Å². The van der Waals surface area contributed by atoms with E-state index in [1.165, 1.54) is 6.21 Å². The van der Waals surface area contributed by atoms with Crippen molar-refractivity contribution in [2.75, 3.05) is 14.2 Å². The van der Waals surface area contributed by atoms with Gasteiger partial charge in [0.1, 0.15) is 17.3 Å². The molecule has 0 aliphatic carbocycles. The zero-order valence-corrected chi connectivity index (χ0v) is 16.1. The van der Waals surface area contributed by atoms with Gasteiger partial charge in [-0.25, -0.2) is 10.4 Å². The van der Waals surface area contributed by atoms with Crippen LogP contribution in [0.4, 0.5) is 0 Å². The molecular weight excluding hydrogens is 372 g/mol. The van der Waals surface area contributed by atoms with Gasteiger partial charge >= 0.3 is 0 Å². The standard InChI is InChI=1S/C21H20N4O4/c1-28-15-8-13(9-16(11-15)29-2)12-22-24-20(26)14-5-6-17-18(10-14)23-19-4-3-7-25(19)21(17)27/h5-6,8-12H,3-4,7H2,1-2H3,(H,24,26)/b22-12-. The van der Waals surface area contributed by atoms with Gasteiger partial charge in [0, 0.05) is 30.2 Å². The molecule has 0 fully saturated rings. The van der Waals surface area contributed by atoms with Crippen LogP contribution in [0.25, 0.3) is 10.9 Å². The number of methoxy groups -OCH3 is 2. The lowest BCUT2D eigenvalue weighted by Gasteiger charge is -2.07. The molecule has 0 unspecified atom stereocenters. The number of benzene rings is 2. The fourth-order valence-corrected chi connectivity index (χ4v) is 3.36. The number of ether oxygens (including phenoxy) is 2. The molecule has 1 amide bonds. The Balaban J connectivity index is 1.54. The Morgan fingerprint density at radius 3 is 2.66 bits per heavy atom. The number of hydrogen-bond donors (Lipinski definition) is 1. The van der Waals surface area contributed by atoms with Crippen molar-refractivity contribution >= 4 is 23.0 Å². The number of nitrogens with one attached hydrogen (secondary N) is 1. The van der Waals surface area contributed by atoms with Gasteiger partial charge in [-0.2, -0.15) is 5.10 Å². The molecule has 0 saturated carbocycles. The zero-order chi connectivity index (χ0) is 20.4. The normalized spacial score (nSPS) is 12.9. The molecule has 8 nitrogen and oxygen atoms in total. The molecule has 0 radical (unpaired) electrons. The molecule has 2 aromatic carbocycles. The summed E-state index contributed by atoms with van der Waals surface area (Å²) in [6.07, 6.45) is 3.19. The summed E-state index contributed by atoms with van der Waals surface area (Å²) in [4.78, 5) is 29.5. The van der Waals surface area contributed by atoms with Crippen molar-refractivity contribution in [1.82, 2.24) is 15.0 Å². The minimum absolute atomic E-state index is 0.0561. The van der Waals surface area contributed by atoms with Gasteiger partial charge < -0.3 is 9.47 Å². The summed E-state index contributed by atoms with van der Waals surface area (Å²) in [6.45, 7) is 0.698. The van der Waals surface area contributed by atoms with Crippen molar-refractivity contribution in [3.8, 4) is 11.5 Å². The van der Waals surface area contributed by atoms with Crippen molar-refractivity contribution in [2.24, 2.45) is 5.10 Å². The maximum Gasteiger partial charge on any atom is 0.271 e. The molecule has 3 aromatic rings. The molecule has 1 aliphatic rings.